The number of nitrogens with zero attached hydrogens (tertiary/aromatic N) is 2. The van der Waals surface area contributed by atoms with Gasteiger partial charge in [0.1, 0.15) is 65.2 Å². The lowest BCUT2D eigenvalue weighted by atomic mass is 9.94. The molecule has 10 amide bonds. The van der Waals surface area contributed by atoms with Crippen molar-refractivity contribution in [1.82, 2.24) is 57.0 Å². The molecule has 5 bridgehead atoms. The number of aromatic amines is 2. The number of nitrogens with two attached hydrogens (primary N) is 1. The minimum atomic E-state index is -1.54. The summed E-state index contributed by atoms with van der Waals surface area (Å²) in [6.07, 6.45) is 8.36. The molecule has 24 nitrogen and oxygen atoms in total. The average molecular weight is 1340 g/mol. The number of rotatable bonds is 8. The molecule has 0 aliphatic carbocycles. The van der Waals surface area contributed by atoms with Gasteiger partial charge < -0.3 is 72.2 Å². The van der Waals surface area contributed by atoms with Crippen LogP contribution in [0.1, 0.15) is 112 Å². The Labute approximate surface area is 559 Å². The van der Waals surface area contributed by atoms with Crippen LogP contribution in [0.2, 0.25) is 0 Å². The number of primary amides is 1. The predicted octanol–water partition coefficient (Wildman–Crippen LogP) is 4.31. The lowest BCUT2D eigenvalue weighted by Gasteiger charge is -2.37. The number of hydrogen-bond acceptors (Lipinski definition) is 12. The number of benzene rings is 4. The molecular weight excluding hydrogens is 1250 g/mol. The number of aromatic nitrogens is 2. The molecule has 7 heterocycles. The van der Waals surface area contributed by atoms with Crippen molar-refractivity contribution in [2.45, 2.75) is 171 Å². The molecule has 26 heteroatoms. The fourth-order valence-electron chi connectivity index (χ4n) is 13.2. The van der Waals surface area contributed by atoms with Gasteiger partial charge in [0.15, 0.2) is 0 Å². The third-order valence-electron chi connectivity index (χ3n) is 18.8. The number of hydrogen-bond donors (Lipinski definition) is 10. The zero-order valence-corrected chi connectivity index (χ0v) is 54.6. The van der Waals surface area contributed by atoms with Gasteiger partial charge in [-0.25, -0.2) is 8.78 Å². The number of carbonyl (C=O) groups is 10. The number of allylic oxidation sites excluding steroid dienone is 1. The van der Waals surface area contributed by atoms with Gasteiger partial charge in [0.25, 0.3) is 0 Å². The number of carbonyl (C=O) groups excluding carboxylic acids is 10. The molecule has 11 N–H and O–H groups in total. The lowest BCUT2D eigenvalue weighted by molar-refractivity contribution is -0.147. The Morgan fingerprint density at radius 3 is 1.96 bits per heavy atom. The molecule has 9 atom stereocenters. The van der Waals surface area contributed by atoms with E-state index in [-0.39, 0.29) is 89.9 Å². The molecular formula is C71H84F2N12O12. The minimum absolute atomic E-state index is 0.00288. The van der Waals surface area contributed by atoms with Gasteiger partial charge in [-0.3, -0.25) is 47.9 Å². The number of nitrogens with one attached hydrogen (secondary N) is 9. The highest BCUT2D eigenvalue weighted by molar-refractivity contribution is 6.00. The van der Waals surface area contributed by atoms with Gasteiger partial charge >= 0.3 is 0 Å². The summed E-state index contributed by atoms with van der Waals surface area (Å²) in [6.45, 7) is 3.26. The van der Waals surface area contributed by atoms with Crippen LogP contribution in [-0.4, -0.2) is 160 Å². The largest absolute Gasteiger partial charge is 0.497 e. The molecule has 0 radical (unpaired) electrons. The van der Waals surface area contributed by atoms with Crippen LogP contribution in [0.4, 0.5) is 8.78 Å². The standard InChI is InChI=1S/C71H84F2N12O12/c1-41-64(89)80-57(32-45-38-75-53-25-21-47(72)34-51(45)53)66(91)82-59(33-46-39-76-54-26-22-48(73)35-52(46)54)68(93)84-40-50-36-60(84)67(92)79-55(12-7-4-5-10-29-97-50)65(90)81-58(31-43-19-23-49(96-3)24-20-43)69(94)85-28-11-27-71(85,2)70(95)83-56(63(74)88)30-42-15-17-44(18-16-42)37-77-61(86)13-8-6-9-14-62(87)78-41/h5,10,15-26,34-35,38-39,41,50,55-60,75-76H,4,6-9,11-14,27-33,36-37,40H2,1-3H3,(H2,74,88)(H,77,86)(H,78,87)(H,79,92)(H,80,89)(H,81,90)(H,82,91)(H,83,95)/b10-5-/t41-,50+,55+,56+,57+,58+,59+,60+,71+/m1/s1. The van der Waals surface area contributed by atoms with Crippen LogP contribution in [0, 0.1) is 11.6 Å². The van der Waals surface area contributed by atoms with E-state index < -0.39 is 119 Å². The lowest BCUT2D eigenvalue weighted by Crippen LogP contribution is -2.63. The zero-order valence-electron chi connectivity index (χ0n) is 54.6. The second-order valence-corrected chi connectivity index (χ2v) is 25.8. The summed E-state index contributed by atoms with van der Waals surface area (Å²) in [7, 11) is 1.51. The van der Waals surface area contributed by atoms with Gasteiger partial charge in [-0.05, 0) is 135 Å². The van der Waals surface area contributed by atoms with E-state index in [1.807, 2.05) is 6.08 Å². The van der Waals surface area contributed by atoms with Crippen LogP contribution >= 0.6 is 0 Å². The third kappa shape index (κ3) is 17.5. The maximum Gasteiger partial charge on any atom is 0.246 e. The summed E-state index contributed by atoms with van der Waals surface area (Å²) >= 11 is 0. The van der Waals surface area contributed by atoms with E-state index in [1.54, 1.807) is 73.9 Å². The van der Waals surface area contributed by atoms with E-state index in [1.165, 1.54) is 60.2 Å². The summed E-state index contributed by atoms with van der Waals surface area (Å²) in [5.41, 5.74) is 8.27. The molecule has 4 aromatic carbocycles. The van der Waals surface area contributed by atoms with Crippen molar-refractivity contribution in [2.24, 2.45) is 5.73 Å². The fourth-order valence-corrected chi connectivity index (χ4v) is 13.2. The maximum absolute atomic E-state index is 15.7. The van der Waals surface area contributed by atoms with Gasteiger partial charge in [-0.15, -0.1) is 0 Å². The van der Waals surface area contributed by atoms with Crippen molar-refractivity contribution >= 4 is 80.9 Å². The van der Waals surface area contributed by atoms with Crippen LogP contribution in [0.5, 0.6) is 5.75 Å². The number of halogens is 2. The minimum Gasteiger partial charge on any atom is -0.497 e. The van der Waals surface area contributed by atoms with E-state index in [4.69, 9.17) is 15.2 Å². The van der Waals surface area contributed by atoms with E-state index >= 15 is 28.4 Å². The van der Waals surface area contributed by atoms with Crippen LogP contribution < -0.4 is 47.7 Å². The highest BCUT2D eigenvalue weighted by Gasteiger charge is 2.49. The molecule has 2 fully saturated rings. The van der Waals surface area contributed by atoms with Gasteiger partial charge in [0.2, 0.25) is 59.1 Å². The number of H-pyrrole nitrogens is 2. The summed E-state index contributed by atoms with van der Waals surface area (Å²) in [5.74, 6) is -7.34. The molecule has 5 aliphatic rings. The van der Waals surface area contributed by atoms with Crippen molar-refractivity contribution in [3.63, 3.8) is 0 Å². The number of amides is 10. The normalized spacial score (nSPS) is 25.7. The average Bonchev–Trinajstić information content (AvgIpc) is 1.54. The van der Waals surface area contributed by atoms with Crippen molar-refractivity contribution in [2.75, 3.05) is 26.8 Å². The van der Waals surface area contributed by atoms with Crippen molar-refractivity contribution in [3.05, 3.63) is 149 Å². The first-order chi connectivity index (χ1) is 46.6. The Hall–Kier alpha value is -9.98. The Morgan fingerprint density at radius 1 is 0.660 bits per heavy atom. The number of ether oxygens (including phenoxy) is 2. The van der Waals surface area contributed by atoms with E-state index in [0.29, 0.717) is 88.3 Å². The topological polar surface area (TPSA) is 337 Å². The first kappa shape index (κ1) is 69.8. The van der Waals surface area contributed by atoms with Crippen molar-refractivity contribution in [1.29, 1.82) is 0 Å². The van der Waals surface area contributed by atoms with Crippen molar-refractivity contribution in [3.8, 4) is 5.75 Å². The van der Waals surface area contributed by atoms with E-state index in [2.05, 4.69) is 47.2 Å². The molecule has 11 rings (SSSR count). The van der Waals surface area contributed by atoms with Gasteiger partial charge in [-0.2, -0.15) is 0 Å². The van der Waals surface area contributed by atoms with Crippen LogP contribution in [0.3, 0.4) is 0 Å². The third-order valence-corrected chi connectivity index (χ3v) is 18.8. The summed E-state index contributed by atoms with van der Waals surface area (Å²) in [4.78, 5) is 154. The molecule has 5 aliphatic heterocycles. The zero-order chi connectivity index (χ0) is 68.9. The first-order valence-electron chi connectivity index (χ1n) is 33.1. The van der Waals surface area contributed by atoms with Crippen molar-refractivity contribution < 1.29 is 66.2 Å². The van der Waals surface area contributed by atoms with Gasteiger partial charge in [-0.1, -0.05) is 55.0 Å². The SMILES string of the molecule is COc1ccc(C[C@@H]2NC(=O)[C@@H]3CCC/C=C\CO[C@H]4C[C@@H](C(=O)N3)N(C4)C(=O)[C@H](Cc3c[nH]c4ccc(F)cc34)NC(=O)[C@H](Cc3c[nH]c4ccc(F)cc34)NC(=O)[C@@H](C)NC(=O)CCCCCC(=O)NCc3ccc(cc3)C[C@@H](C(N)=O)NC(=O)[C@]3(C)CCCN3C2=O)cc1. The summed E-state index contributed by atoms with van der Waals surface area (Å²) in [5, 5.41) is 20.6. The Kier molecular flexibility index (Phi) is 22.8. The van der Waals surface area contributed by atoms with Crippen LogP contribution in [0.25, 0.3) is 21.8 Å². The molecule has 0 unspecified atom stereocenters. The van der Waals surface area contributed by atoms with Gasteiger partial charge in [0, 0.05) is 98.8 Å². The van der Waals surface area contributed by atoms with Crippen LogP contribution in [0.15, 0.2) is 109 Å². The smallest absolute Gasteiger partial charge is 0.246 e. The Bertz CT molecular complexity index is 3930. The molecule has 6 aromatic rings. The summed E-state index contributed by atoms with van der Waals surface area (Å²) in [6, 6.07) is 12.6. The second kappa shape index (κ2) is 31.7. The number of methoxy groups -OCH3 is 1. The highest BCUT2D eigenvalue weighted by Crippen LogP contribution is 2.32. The molecule has 2 aromatic heterocycles. The summed E-state index contributed by atoms with van der Waals surface area (Å²) < 4.78 is 41.6. The van der Waals surface area contributed by atoms with Gasteiger partial charge in [0.05, 0.1) is 19.8 Å². The quantitative estimate of drug-likeness (QED) is 0.0753. The Balaban J connectivity index is 0.985. The molecule has 97 heavy (non-hydrogen) atoms. The predicted molar refractivity (Wildman–Crippen MR) is 354 cm³/mol. The Morgan fingerprint density at radius 2 is 1.29 bits per heavy atom. The molecule has 2 saturated heterocycles. The fraction of sp³-hybridized carbons (Fsp3) is 0.437. The maximum atomic E-state index is 15.7. The molecule has 0 saturated carbocycles. The van der Waals surface area contributed by atoms with Crippen LogP contribution in [-0.2, 0) is 84.9 Å². The highest BCUT2D eigenvalue weighted by atomic mass is 19.1. The molecule has 514 valence electrons. The second-order valence-electron chi connectivity index (χ2n) is 25.8. The first-order valence-corrected chi connectivity index (χ1v) is 33.1. The van der Waals surface area contributed by atoms with E-state index in [9.17, 15) is 28.4 Å². The monoisotopic (exact) mass is 1330 g/mol. The van der Waals surface area contributed by atoms with E-state index in [0.717, 1.165) is 5.56 Å². The number of fused-ring (bicyclic) bond motifs is 28. The molecule has 0 spiro atoms.